The van der Waals surface area contributed by atoms with E-state index in [0.29, 0.717) is 0 Å². The van der Waals surface area contributed by atoms with E-state index in [1.54, 1.807) is 0 Å². The van der Waals surface area contributed by atoms with Crippen molar-refractivity contribution in [3.8, 4) is 0 Å². The Morgan fingerprint density at radius 3 is 2.15 bits per heavy atom. The smallest absolute Gasteiger partial charge is 0.325 e. The van der Waals surface area contributed by atoms with Crippen molar-refractivity contribution in [3.05, 3.63) is 29.8 Å². The van der Waals surface area contributed by atoms with Gasteiger partial charge in [0.25, 0.3) is 0 Å². The molecule has 0 aromatic heterocycles. The third-order valence-electron chi connectivity index (χ3n) is 3.86. The Balaban J connectivity index is 2.18. The van der Waals surface area contributed by atoms with Crippen LogP contribution in [0.1, 0.15) is 11.6 Å². The van der Waals surface area contributed by atoms with Gasteiger partial charge in [0.05, 0.1) is 0 Å². The van der Waals surface area contributed by atoms with E-state index in [-0.39, 0.29) is 0 Å². The van der Waals surface area contributed by atoms with Crippen molar-refractivity contribution < 1.29 is 9.90 Å². The van der Waals surface area contributed by atoms with Gasteiger partial charge in [0.1, 0.15) is 6.04 Å². The lowest BCUT2D eigenvalue weighted by molar-refractivity contribution is -0.144. The first kappa shape index (κ1) is 14.8. The summed E-state index contributed by atoms with van der Waals surface area (Å²) in [5.74, 6) is -0.771. The van der Waals surface area contributed by atoms with Gasteiger partial charge < -0.3 is 14.9 Å². The number of likely N-dealkylation sites (N-methyl/N-ethyl adjacent to an activating group) is 1. The zero-order chi connectivity index (χ0) is 14.7. The monoisotopic (exact) mass is 277 g/mol. The SMILES string of the molecule is CN1CCN(C(C(=O)O)c2ccc(N(C)C)cc2)CC1. The summed E-state index contributed by atoms with van der Waals surface area (Å²) in [6, 6.07) is 7.25. The normalized spacial score (nSPS) is 18.8. The number of aliphatic carboxylic acids is 1. The summed E-state index contributed by atoms with van der Waals surface area (Å²) in [6.45, 7) is 3.42. The number of piperazine rings is 1. The van der Waals surface area contributed by atoms with E-state index < -0.39 is 12.0 Å². The summed E-state index contributed by atoms with van der Waals surface area (Å²) in [5, 5.41) is 9.56. The summed E-state index contributed by atoms with van der Waals surface area (Å²) in [6.07, 6.45) is 0. The number of hydrogen-bond acceptors (Lipinski definition) is 4. The molecule has 110 valence electrons. The number of carbonyl (C=O) groups is 1. The van der Waals surface area contributed by atoms with Crippen LogP contribution in [0.15, 0.2) is 24.3 Å². The first-order valence-electron chi connectivity index (χ1n) is 6.91. The number of carboxylic acid groups (broad SMARTS) is 1. The third-order valence-corrected chi connectivity index (χ3v) is 3.86. The largest absolute Gasteiger partial charge is 0.480 e. The molecule has 2 rings (SSSR count). The lowest BCUT2D eigenvalue weighted by atomic mass is 10.0. The first-order chi connectivity index (χ1) is 9.49. The van der Waals surface area contributed by atoms with Crippen LogP contribution >= 0.6 is 0 Å². The Bertz CT molecular complexity index is 451. The lowest BCUT2D eigenvalue weighted by Crippen LogP contribution is -2.47. The van der Waals surface area contributed by atoms with Crippen LogP contribution in [0.25, 0.3) is 0 Å². The van der Waals surface area contributed by atoms with Crippen molar-refractivity contribution in [3.63, 3.8) is 0 Å². The van der Waals surface area contributed by atoms with Gasteiger partial charge in [-0.3, -0.25) is 9.69 Å². The van der Waals surface area contributed by atoms with Gasteiger partial charge in [0.2, 0.25) is 0 Å². The minimum absolute atomic E-state index is 0.542. The molecule has 1 atom stereocenters. The molecule has 1 aromatic rings. The van der Waals surface area contributed by atoms with E-state index in [1.807, 2.05) is 48.2 Å². The molecule has 0 amide bonds. The Labute approximate surface area is 120 Å². The summed E-state index contributed by atoms with van der Waals surface area (Å²) in [4.78, 5) is 17.9. The van der Waals surface area contributed by atoms with E-state index in [0.717, 1.165) is 37.4 Å². The molecule has 1 aliphatic rings. The maximum Gasteiger partial charge on any atom is 0.325 e. The molecule has 1 saturated heterocycles. The number of nitrogens with zero attached hydrogens (tertiary/aromatic N) is 3. The maximum absolute atomic E-state index is 11.6. The van der Waals surface area contributed by atoms with Crippen LogP contribution in [0.2, 0.25) is 0 Å². The average Bonchev–Trinajstić information content (AvgIpc) is 2.41. The van der Waals surface area contributed by atoms with Crippen LogP contribution in [0.5, 0.6) is 0 Å². The molecule has 1 heterocycles. The molecule has 0 aliphatic carbocycles. The average molecular weight is 277 g/mol. The van der Waals surface area contributed by atoms with Crippen LogP contribution in [-0.2, 0) is 4.79 Å². The highest BCUT2D eigenvalue weighted by molar-refractivity contribution is 5.75. The van der Waals surface area contributed by atoms with Crippen molar-refractivity contribution in [2.45, 2.75) is 6.04 Å². The van der Waals surface area contributed by atoms with Gasteiger partial charge in [-0.15, -0.1) is 0 Å². The van der Waals surface area contributed by atoms with E-state index in [1.165, 1.54) is 0 Å². The van der Waals surface area contributed by atoms with Crippen molar-refractivity contribution in [1.82, 2.24) is 9.80 Å². The van der Waals surface area contributed by atoms with Crippen LogP contribution in [-0.4, -0.2) is 68.2 Å². The molecule has 0 bridgehead atoms. The van der Waals surface area contributed by atoms with Crippen molar-refractivity contribution in [1.29, 1.82) is 0 Å². The third kappa shape index (κ3) is 3.29. The predicted octanol–water partition coefficient (Wildman–Crippen LogP) is 1.13. The van der Waals surface area contributed by atoms with E-state index in [9.17, 15) is 9.90 Å². The fraction of sp³-hybridized carbons (Fsp3) is 0.533. The highest BCUT2D eigenvalue weighted by atomic mass is 16.4. The van der Waals surface area contributed by atoms with Crippen molar-refractivity contribution >= 4 is 11.7 Å². The minimum atomic E-state index is -0.771. The standard InChI is InChI=1S/C15H23N3O2/c1-16(2)13-6-4-12(5-7-13)14(15(19)20)18-10-8-17(3)9-11-18/h4-7,14H,8-11H2,1-3H3,(H,19,20). The second-order valence-corrected chi connectivity index (χ2v) is 5.57. The van der Waals surface area contributed by atoms with Crippen LogP contribution in [0.4, 0.5) is 5.69 Å². The molecule has 5 heteroatoms. The minimum Gasteiger partial charge on any atom is -0.480 e. The van der Waals surface area contributed by atoms with Crippen LogP contribution < -0.4 is 4.90 Å². The van der Waals surface area contributed by atoms with Crippen LogP contribution in [0, 0.1) is 0 Å². The predicted molar refractivity (Wildman–Crippen MR) is 80.2 cm³/mol. The summed E-state index contributed by atoms with van der Waals surface area (Å²) < 4.78 is 0. The summed E-state index contributed by atoms with van der Waals surface area (Å²) >= 11 is 0. The molecule has 0 spiro atoms. The molecular weight excluding hydrogens is 254 g/mol. The molecule has 1 aliphatic heterocycles. The van der Waals surface area contributed by atoms with Gasteiger partial charge in [0, 0.05) is 46.0 Å². The van der Waals surface area contributed by atoms with E-state index >= 15 is 0 Å². The fourth-order valence-electron chi connectivity index (χ4n) is 2.54. The maximum atomic E-state index is 11.6. The fourth-order valence-corrected chi connectivity index (χ4v) is 2.54. The highest BCUT2D eigenvalue weighted by Crippen LogP contribution is 2.24. The van der Waals surface area contributed by atoms with Crippen molar-refractivity contribution in [2.24, 2.45) is 0 Å². The van der Waals surface area contributed by atoms with Gasteiger partial charge in [-0.1, -0.05) is 12.1 Å². The zero-order valence-corrected chi connectivity index (χ0v) is 12.4. The number of hydrogen-bond donors (Lipinski definition) is 1. The summed E-state index contributed by atoms with van der Waals surface area (Å²) in [7, 11) is 6.02. The Morgan fingerprint density at radius 1 is 1.15 bits per heavy atom. The second-order valence-electron chi connectivity index (χ2n) is 5.57. The van der Waals surface area contributed by atoms with E-state index in [2.05, 4.69) is 11.9 Å². The molecule has 1 aromatic carbocycles. The first-order valence-corrected chi connectivity index (χ1v) is 6.91. The molecule has 5 nitrogen and oxygen atoms in total. The number of benzene rings is 1. The van der Waals surface area contributed by atoms with Crippen LogP contribution in [0.3, 0.4) is 0 Å². The van der Waals surface area contributed by atoms with E-state index in [4.69, 9.17) is 0 Å². The highest BCUT2D eigenvalue weighted by Gasteiger charge is 2.29. The van der Waals surface area contributed by atoms with Gasteiger partial charge >= 0.3 is 5.97 Å². The number of anilines is 1. The molecule has 1 unspecified atom stereocenters. The van der Waals surface area contributed by atoms with Gasteiger partial charge in [-0.2, -0.15) is 0 Å². The number of carboxylic acids is 1. The van der Waals surface area contributed by atoms with Crippen molar-refractivity contribution in [2.75, 3.05) is 52.2 Å². The Hall–Kier alpha value is -1.59. The molecule has 1 fully saturated rings. The van der Waals surface area contributed by atoms with Gasteiger partial charge in [-0.25, -0.2) is 0 Å². The Kier molecular flexibility index (Phi) is 4.62. The molecule has 0 saturated carbocycles. The van der Waals surface area contributed by atoms with Gasteiger partial charge in [0.15, 0.2) is 0 Å². The number of rotatable bonds is 4. The lowest BCUT2D eigenvalue weighted by Gasteiger charge is -2.36. The second kappa shape index (κ2) is 6.24. The zero-order valence-electron chi connectivity index (χ0n) is 12.4. The topological polar surface area (TPSA) is 47.0 Å². The molecule has 0 radical (unpaired) electrons. The molecule has 20 heavy (non-hydrogen) atoms. The quantitative estimate of drug-likeness (QED) is 0.894. The van der Waals surface area contributed by atoms with Gasteiger partial charge in [-0.05, 0) is 24.7 Å². The summed E-state index contributed by atoms with van der Waals surface area (Å²) in [5.41, 5.74) is 1.93. The molecular formula is C15H23N3O2. The molecule has 1 N–H and O–H groups in total. The Morgan fingerprint density at radius 2 is 1.70 bits per heavy atom.